The van der Waals surface area contributed by atoms with Crippen LogP contribution in [0.3, 0.4) is 0 Å². The van der Waals surface area contributed by atoms with Gasteiger partial charge in [-0.3, -0.25) is 0 Å². The minimum absolute atomic E-state index is 0.460. The highest BCUT2D eigenvalue weighted by Crippen LogP contribution is 2.27. The lowest BCUT2D eigenvalue weighted by molar-refractivity contribution is 0.362. The molecule has 0 bridgehead atoms. The van der Waals surface area contributed by atoms with E-state index in [0.717, 1.165) is 29.3 Å². The molecular formula is C16H21ClN2. The molecule has 1 aromatic rings. The Hall–Kier alpha value is -1.20. The summed E-state index contributed by atoms with van der Waals surface area (Å²) in [5.74, 6) is 1.24. The highest BCUT2D eigenvalue weighted by atomic mass is 35.5. The second-order valence-electron chi connectivity index (χ2n) is 5.48. The van der Waals surface area contributed by atoms with Crippen molar-refractivity contribution in [2.45, 2.75) is 38.0 Å². The van der Waals surface area contributed by atoms with Crippen molar-refractivity contribution in [3.8, 4) is 6.07 Å². The van der Waals surface area contributed by atoms with Crippen molar-refractivity contribution in [1.82, 2.24) is 0 Å². The first kappa shape index (κ1) is 14.2. The molecule has 1 fully saturated rings. The topological polar surface area (TPSA) is 27.0 Å². The lowest BCUT2D eigenvalue weighted by Gasteiger charge is -2.29. The maximum absolute atomic E-state index is 9.27. The number of benzene rings is 1. The Morgan fingerprint density at radius 1 is 1.32 bits per heavy atom. The van der Waals surface area contributed by atoms with E-state index in [0.29, 0.717) is 5.88 Å². The normalized spacial score (nSPS) is 16.1. The van der Waals surface area contributed by atoms with Crippen LogP contribution in [0.4, 0.5) is 5.69 Å². The molecule has 102 valence electrons. The Balaban J connectivity index is 2.09. The Morgan fingerprint density at radius 3 is 2.68 bits per heavy atom. The molecule has 0 aromatic heterocycles. The monoisotopic (exact) mass is 276 g/mol. The maximum atomic E-state index is 9.27. The van der Waals surface area contributed by atoms with Crippen LogP contribution in [0.1, 0.15) is 43.2 Å². The number of hydrogen-bond acceptors (Lipinski definition) is 2. The molecule has 2 nitrogen and oxygen atoms in total. The third-order valence-corrected chi connectivity index (χ3v) is 4.31. The summed E-state index contributed by atoms with van der Waals surface area (Å²) in [4.78, 5) is 2.23. The highest BCUT2D eigenvalue weighted by Gasteiger charge is 2.17. The van der Waals surface area contributed by atoms with Gasteiger partial charge in [-0.25, -0.2) is 0 Å². The van der Waals surface area contributed by atoms with E-state index in [1.54, 1.807) is 0 Å². The minimum Gasteiger partial charge on any atom is -0.373 e. The summed E-state index contributed by atoms with van der Waals surface area (Å²) in [6.45, 7) is 1.05. The molecule has 1 saturated carbocycles. The molecule has 0 atom stereocenters. The lowest BCUT2D eigenvalue weighted by atomic mass is 9.89. The van der Waals surface area contributed by atoms with Gasteiger partial charge in [-0.1, -0.05) is 25.3 Å². The van der Waals surface area contributed by atoms with Gasteiger partial charge in [-0.2, -0.15) is 5.26 Å². The molecule has 19 heavy (non-hydrogen) atoms. The molecule has 0 N–H and O–H groups in total. The number of nitriles is 1. The molecule has 0 unspecified atom stereocenters. The number of halogens is 1. The molecule has 2 rings (SSSR count). The third-order valence-electron chi connectivity index (χ3n) is 4.00. The van der Waals surface area contributed by atoms with Crippen LogP contribution >= 0.6 is 11.6 Å². The number of alkyl halides is 1. The van der Waals surface area contributed by atoms with Crippen molar-refractivity contribution in [1.29, 1.82) is 5.26 Å². The minimum atomic E-state index is 0.460. The molecule has 0 radical (unpaired) electrons. The molecule has 0 amide bonds. The summed E-state index contributed by atoms with van der Waals surface area (Å²) in [7, 11) is 2.09. The quantitative estimate of drug-likeness (QED) is 0.766. The van der Waals surface area contributed by atoms with Crippen LogP contribution in [-0.4, -0.2) is 13.6 Å². The van der Waals surface area contributed by atoms with Gasteiger partial charge < -0.3 is 4.90 Å². The van der Waals surface area contributed by atoms with Crippen molar-refractivity contribution in [2.24, 2.45) is 5.92 Å². The Morgan fingerprint density at radius 2 is 2.05 bits per heavy atom. The van der Waals surface area contributed by atoms with Gasteiger partial charge in [-0.05, 0) is 36.5 Å². The standard InChI is InChI=1S/C16H21ClN2/c1-19(12-13-5-3-2-4-6-13)16-8-7-14(10-17)9-15(16)11-18/h7-9,13H,2-6,10,12H2,1H3. The van der Waals surface area contributed by atoms with Gasteiger partial charge in [-0.15, -0.1) is 11.6 Å². The average molecular weight is 277 g/mol. The average Bonchev–Trinajstić information content (AvgIpc) is 2.47. The van der Waals surface area contributed by atoms with Crippen LogP contribution in [0.5, 0.6) is 0 Å². The van der Waals surface area contributed by atoms with Crippen molar-refractivity contribution in [3.05, 3.63) is 29.3 Å². The second kappa shape index (κ2) is 6.82. The zero-order valence-electron chi connectivity index (χ0n) is 11.5. The second-order valence-corrected chi connectivity index (χ2v) is 5.75. The predicted octanol–water partition coefficient (Wildman–Crippen LogP) is 4.31. The van der Waals surface area contributed by atoms with Crippen molar-refractivity contribution >= 4 is 17.3 Å². The van der Waals surface area contributed by atoms with Crippen LogP contribution in [-0.2, 0) is 5.88 Å². The van der Waals surface area contributed by atoms with E-state index in [1.165, 1.54) is 32.1 Å². The Labute approximate surface area is 121 Å². The fourth-order valence-corrected chi connectivity index (χ4v) is 3.11. The zero-order valence-corrected chi connectivity index (χ0v) is 12.3. The third kappa shape index (κ3) is 3.64. The van der Waals surface area contributed by atoms with Gasteiger partial charge in [0.2, 0.25) is 0 Å². The molecule has 1 aromatic carbocycles. The van der Waals surface area contributed by atoms with Crippen molar-refractivity contribution < 1.29 is 0 Å². The molecule has 0 heterocycles. The fourth-order valence-electron chi connectivity index (χ4n) is 2.94. The smallest absolute Gasteiger partial charge is 0.101 e. The fraction of sp³-hybridized carbons (Fsp3) is 0.562. The van der Waals surface area contributed by atoms with E-state index in [1.807, 2.05) is 18.2 Å². The first-order valence-corrected chi connectivity index (χ1v) is 7.58. The van der Waals surface area contributed by atoms with E-state index in [4.69, 9.17) is 11.6 Å². The maximum Gasteiger partial charge on any atom is 0.101 e. The van der Waals surface area contributed by atoms with Gasteiger partial charge in [0, 0.05) is 19.5 Å². The lowest BCUT2D eigenvalue weighted by Crippen LogP contribution is -2.27. The van der Waals surface area contributed by atoms with Crippen LogP contribution in [0, 0.1) is 17.2 Å². The van der Waals surface area contributed by atoms with Crippen molar-refractivity contribution in [2.75, 3.05) is 18.5 Å². The van der Waals surface area contributed by atoms with Crippen LogP contribution in [0.25, 0.3) is 0 Å². The molecule has 1 aliphatic carbocycles. The van der Waals surface area contributed by atoms with Gasteiger partial charge in [0.25, 0.3) is 0 Å². The van der Waals surface area contributed by atoms with Crippen LogP contribution < -0.4 is 4.90 Å². The van der Waals surface area contributed by atoms with Gasteiger partial charge in [0.05, 0.1) is 11.3 Å². The molecule has 0 saturated heterocycles. The first-order chi connectivity index (χ1) is 9.24. The van der Waals surface area contributed by atoms with E-state index < -0.39 is 0 Å². The summed E-state index contributed by atoms with van der Waals surface area (Å²) in [6, 6.07) is 8.23. The van der Waals surface area contributed by atoms with E-state index in [-0.39, 0.29) is 0 Å². The van der Waals surface area contributed by atoms with Crippen LogP contribution in [0.2, 0.25) is 0 Å². The number of anilines is 1. The van der Waals surface area contributed by atoms with Crippen molar-refractivity contribution in [3.63, 3.8) is 0 Å². The van der Waals surface area contributed by atoms with E-state index >= 15 is 0 Å². The molecule has 0 spiro atoms. The summed E-state index contributed by atoms with van der Waals surface area (Å²) < 4.78 is 0. The molecular weight excluding hydrogens is 256 g/mol. The predicted molar refractivity (Wildman–Crippen MR) is 80.6 cm³/mol. The summed E-state index contributed by atoms with van der Waals surface area (Å²) in [5, 5.41) is 9.27. The Bertz CT molecular complexity index is 458. The Kier molecular flexibility index (Phi) is 5.10. The van der Waals surface area contributed by atoms with E-state index in [2.05, 4.69) is 18.0 Å². The molecule has 3 heteroatoms. The molecule has 1 aliphatic rings. The first-order valence-electron chi connectivity index (χ1n) is 7.04. The van der Waals surface area contributed by atoms with Gasteiger partial charge in [0.1, 0.15) is 6.07 Å². The summed E-state index contributed by atoms with van der Waals surface area (Å²) in [6.07, 6.45) is 6.75. The largest absolute Gasteiger partial charge is 0.373 e. The van der Waals surface area contributed by atoms with E-state index in [9.17, 15) is 5.26 Å². The van der Waals surface area contributed by atoms with Gasteiger partial charge in [0.15, 0.2) is 0 Å². The highest BCUT2D eigenvalue weighted by molar-refractivity contribution is 6.17. The van der Waals surface area contributed by atoms with Gasteiger partial charge >= 0.3 is 0 Å². The number of hydrogen-bond donors (Lipinski definition) is 0. The SMILES string of the molecule is CN(CC1CCCCC1)c1ccc(CCl)cc1C#N. The number of nitrogens with zero attached hydrogens (tertiary/aromatic N) is 2. The summed E-state index contributed by atoms with van der Waals surface area (Å²) in [5.41, 5.74) is 2.77. The summed E-state index contributed by atoms with van der Waals surface area (Å²) >= 11 is 5.82. The zero-order chi connectivity index (χ0) is 13.7. The number of rotatable bonds is 4. The van der Waals surface area contributed by atoms with Crippen LogP contribution in [0.15, 0.2) is 18.2 Å². The molecule has 0 aliphatic heterocycles.